The first kappa shape index (κ1) is 12.9. The molecule has 2 N–H and O–H groups in total. The maximum Gasteiger partial charge on any atom is 0.0470 e. The average molecular weight is 253 g/mol. The summed E-state index contributed by atoms with van der Waals surface area (Å²) >= 11 is 5.99. The van der Waals surface area contributed by atoms with E-state index in [-0.39, 0.29) is 0 Å². The standard InChI is InChI=1S/C14H21ClN2/c1-10-7-12(15)5-6-13(10)14(8-16)17(2)9-11-3-4-11/h5-7,11,14H,3-4,8-9,16H2,1-2H3. The van der Waals surface area contributed by atoms with E-state index >= 15 is 0 Å². The minimum absolute atomic E-state index is 0.313. The van der Waals surface area contributed by atoms with Crippen LogP contribution in [0.15, 0.2) is 18.2 Å². The molecule has 3 heteroatoms. The summed E-state index contributed by atoms with van der Waals surface area (Å²) in [5.74, 6) is 0.890. The third-order valence-corrected chi connectivity index (χ3v) is 3.82. The van der Waals surface area contributed by atoms with E-state index in [1.54, 1.807) is 0 Å². The van der Waals surface area contributed by atoms with Crippen LogP contribution in [0.3, 0.4) is 0 Å². The van der Waals surface area contributed by atoms with Crippen molar-refractivity contribution in [2.75, 3.05) is 20.1 Å². The van der Waals surface area contributed by atoms with Crippen LogP contribution in [0.5, 0.6) is 0 Å². The molecule has 1 saturated carbocycles. The highest BCUT2D eigenvalue weighted by molar-refractivity contribution is 6.30. The van der Waals surface area contributed by atoms with Gasteiger partial charge in [-0.05, 0) is 56.0 Å². The van der Waals surface area contributed by atoms with Crippen LogP contribution in [0.1, 0.15) is 30.0 Å². The second-order valence-corrected chi connectivity index (χ2v) is 5.57. The van der Waals surface area contributed by atoms with Crippen LogP contribution in [0, 0.1) is 12.8 Å². The molecule has 0 bridgehead atoms. The number of hydrogen-bond acceptors (Lipinski definition) is 2. The van der Waals surface area contributed by atoms with Crippen molar-refractivity contribution >= 4 is 11.6 Å². The molecule has 2 nitrogen and oxygen atoms in total. The van der Waals surface area contributed by atoms with Crippen molar-refractivity contribution in [1.82, 2.24) is 4.90 Å². The summed E-state index contributed by atoms with van der Waals surface area (Å²) in [6, 6.07) is 6.40. The Hall–Kier alpha value is -0.570. The minimum Gasteiger partial charge on any atom is -0.329 e. The molecule has 1 fully saturated rings. The number of nitrogens with two attached hydrogens (primary N) is 1. The molecule has 0 aliphatic heterocycles. The number of halogens is 1. The van der Waals surface area contributed by atoms with Gasteiger partial charge in [-0.3, -0.25) is 4.90 Å². The van der Waals surface area contributed by atoms with Gasteiger partial charge in [0.05, 0.1) is 0 Å². The Morgan fingerprint density at radius 1 is 1.47 bits per heavy atom. The van der Waals surface area contributed by atoms with Crippen molar-refractivity contribution in [3.05, 3.63) is 34.3 Å². The first-order chi connectivity index (χ1) is 8.11. The zero-order valence-corrected chi connectivity index (χ0v) is 11.4. The predicted molar refractivity (Wildman–Crippen MR) is 73.3 cm³/mol. The second-order valence-electron chi connectivity index (χ2n) is 5.14. The fourth-order valence-electron chi connectivity index (χ4n) is 2.39. The Kier molecular flexibility index (Phi) is 4.08. The molecule has 1 aliphatic rings. The predicted octanol–water partition coefficient (Wildman–Crippen LogP) is 2.99. The Morgan fingerprint density at radius 3 is 2.71 bits per heavy atom. The quantitative estimate of drug-likeness (QED) is 0.873. The highest BCUT2D eigenvalue weighted by atomic mass is 35.5. The summed E-state index contributed by atoms with van der Waals surface area (Å²) in [6.07, 6.45) is 2.75. The van der Waals surface area contributed by atoms with E-state index in [4.69, 9.17) is 17.3 Å². The van der Waals surface area contributed by atoms with E-state index in [2.05, 4.69) is 24.9 Å². The lowest BCUT2D eigenvalue weighted by atomic mass is 10.00. The Balaban J connectivity index is 2.14. The van der Waals surface area contributed by atoms with Gasteiger partial charge in [0.15, 0.2) is 0 Å². The molecule has 0 radical (unpaired) electrons. The molecule has 0 amide bonds. The first-order valence-electron chi connectivity index (χ1n) is 6.28. The van der Waals surface area contributed by atoms with Crippen LogP contribution in [0.2, 0.25) is 5.02 Å². The topological polar surface area (TPSA) is 29.3 Å². The van der Waals surface area contributed by atoms with Crippen molar-refractivity contribution in [3.63, 3.8) is 0 Å². The van der Waals surface area contributed by atoms with Gasteiger partial charge in [0.1, 0.15) is 0 Å². The Morgan fingerprint density at radius 2 is 2.18 bits per heavy atom. The first-order valence-corrected chi connectivity index (χ1v) is 6.66. The molecular formula is C14H21ClN2. The van der Waals surface area contributed by atoms with Gasteiger partial charge in [-0.2, -0.15) is 0 Å². The van der Waals surface area contributed by atoms with E-state index in [9.17, 15) is 0 Å². The van der Waals surface area contributed by atoms with Gasteiger partial charge in [0.25, 0.3) is 0 Å². The summed E-state index contributed by atoms with van der Waals surface area (Å²) < 4.78 is 0. The molecule has 0 spiro atoms. The van der Waals surface area contributed by atoms with Crippen LogP contribution in [-0.2, 0) is 0 Å². The molecule has 1 aliphatic carbocycles. The fourth-order valence-corrected chi connectivity index (χ4v) is 2.62. The summed E-state index contributed by atoms with van der Waals surface area (Å²) in [5.41, 5.74) is 8.47. The number of likely N-dealkylation sites (N-methyl/N-ethyl adjacent to an activating group) is 1. The van der Waals surface area contributed by atoms with Gasteiger partial charge in [0, 0.05) is 24.2 Å². The Bertz CT molecular complexity index is 388. The van der Waals surface area contributed by atoms with E-state index in [1.165, 1.54) is 24.0 Å². The molecule has 2 rings (SSSR count). The number of rotatable bonds is 5. The maximum atomic E-state index is 5.99. The smallest absolute Gasteiger partial charge is 0.0470 e. The van der Waals surface area contributed by atoms with Crippen LogP contribution in [0.4, 0.5) is 0 Å². The number of nitrogens with zero attached hydrogens (tertiary/aromatic N) is 1. The van der Waals surface area contributed by atoms with Crippen molar-refractivity contribution in [2.24, 2.45) is 11.7 Å². The summed E-state index contributed by atoms with van der Waals surface area (Å²) in [4.78, 5) is 2.38. The average Bonchev–Trinajstić information content (AvgIpc) is 3.06. The molecule has 0 heterocycles. The van der Waals surface area contributed by atoms with Crippen LogP contribution >= 0.6 is 11.6 Å². The van der Waals surface area contributed by atoms with Crippen molar-refractivity contribution in [1.29, 1.82) is 0 Å². The van der Waals surface area contributed by atoms with Crippen molar-refractivity contribution < 1.29 is 0 Å². The third kappa shape index (κ3) is 3.21. The van der Waals surface area contributed by atoms with Crippen LogP contribution in [-0.4, -0.2) is 25.0 Å². The van der Waals surface area contributed by atoms with Gasteiger partial charge in [-0.15, -0.1) is 0 Å². The fraction of sp³-hybridized carbons (Fsp3) is 0.571. The minimum atomic E-state index is 0.313. The zero-order valence-electron chi connectivity index (χ0n) is 10.6. The molecule has 1 aromatic rings. The molecule has 17 heavy (non-hydrogen) atoms. The van der Waals surface area contributed by atoms with E-state index in [0.717, 1.165) is 17.5 Å². The van der Waals surface area contributed by atoms with Crippen molar-refractivity contribution in [2.45, 2.75) is 25.8 Å². The van der Waals surface area contributed by atoms with E-state index in [0.29, 0.717) is 12.6 Å². The maximum absolute atomic E-state index is 5.99. The van der Waals surface area contributed by atoms with Crippen molar-refractivity contribution in [3.8, 4) is 0 Å². The van der Waals surface area contributed by atoms with Gasteiger partial charge in [-0.1, -0.05) is 17.7 Å². The van der Waals surface area contributed by atoms with E-state index in [1.807, 2.05) is 12.1 Å². The van der Waals surface area contributed by atoms with Crippen LogP contribution < -0.4 is 5.73 Å². The molecule has 1 atom stereocenters. The molecule has 94 valence electrons. The molecule has 1 unspecified atom stereocenters. The lowest BCUT2D eigenvalue weighted by Gasteiger charge is -2.28. The summed E-state index contributed by atoms with van der Waals surface area (Å²) in [5, 5.41) is 0.798. The van der Waals surface area contributed by atoms with Gasteiger partial charge in [-0.25, -0.2) is 0 Å². The largest absolute Gasteiger partial charge is 0.329 e. The second kappa shape index (κ2) is 5.38. The van der Waals surface area contributed by atoms with Crippen LogP contribution in [0.25, 0.3) is 0 Å². The molecule has 0 aromatic heterocycles. The van der Waals surface area contributed by atoms with Gasteiger partial charge >= 0.3 is 0 Å². The van der Waals surface area contributed by atoms with Gasteiger partial charge < -0.3 is 5.73 Å². The lowest BCUT2D eigenvalue weighted by molar-refractivity contribution is 0.239. The Labute approximate surface area is 109 Å². The molecular weight excluding hydrogens is 232 g/mol. The van der Waals surface area contributed by atoms with Gasteiger partial charge in [0.2, 0.25) is 0 Å². The highest BCUT2D eigenvalue weighted by Gasteiger charge is 2.26. The normalized spacial score (nSPS) is 17.5. The third-order valence-electron chi connectivity index (χ3n) is 3.59. The highest BCUT2D eigenvalue weighted by Crippen LogP contribution is 2.32. The van der Waals surface area contributed by atoms with E-state index < -0.39 is 0 Å². The summed E-state index contributed by atoms with van der Waals surface area (Å²) in [6.45, 7) is 3.92. The molecule has 1 aromatic carbocycles. The number of aryl methyl sites for hydroxylation is 1. The SMILES string of the molecule is Cc1cc(Cl)ccc1C(CN)N(C)CC1CC1. The molecule has 0 saturated heterocycles. The lowest BCUT2D eigenvalue weighted by Crippen LogP contribution is -2.32. The monoisotopic (exact) mass is 252 g/mol. The zero-order chi connectivity index (χ0) is 12.4. The number of hydrogen-bond donors (Lipinski definition) is 1. The number of benzene rings is 1. The summed E-state index contributed by atoms with van der Waals surface area (Å²) in [7, 11) is 2.17.